The van der Waals surface area contributed by atoms with Gasteiger partial charge in [0.1, 0.15) is 17.3 Å². The number of carbonyl (C=O) groups excluding carboxylic acids is 1. The van der Waals surface area contributed by atoms with Gasteiger partial charge >= 0.3 is 0 Å². The van der Waals surface area contributed by atoms with Crippen LogP contribution in [0.5, 0.6) is 0 Å². The van der Waals surface area contributed by atoms with Gasteiger partial charge < -0.3 is 9.73 Å². The average molecular weight is 402 g/mol. The van der Waals surface area contributed by atoms with Gasteiger partial charge in [-0.2, -0.15) is 0 Å². The number of hydrogen-bond donors (Lipinski definition) is 2. The number of nitrogens with one attached hydrogen (secondary N) is 2. The Labute approximate surface area is 162 Å². The summed E-state index contributed by atoms with van der Waals surface area (Å²) >= 11 is 0. The SMILES string of the molecule is Cc1cc(C(=O)Nc2ccc(C)c(S(=O)(=O)Nc3ccccc3F)c2)c(C)o1. The summed E-state index contributed by atoms with van der Waals surface area (Å²) in [5.74, 6) is -0.0253. The molecule has 0 radical (unpaired) electrons. The molecule has 2 aromatic carbocycles. The van der Waals surface area contributed by atoms with Crippen LogP contribution in [-0.4, -0.2) is 14.3 Å². The van der Waals surface area contributed by atoms with Gasteiger partial charge in [0.15, 0.2) is 0 Å². The summed E-state index contributed by atoms with van der Waals surface area (Å²) in [5.41, 5.74) is 0.965. The van der Waals surface area contributed by atoms with Crippen molar-refractivity contribution in [3.63, 3.8) is 0 Å². The van der Waals surface area contributed by atoms with Crippen molar-refractivity contribution in [3.8, 4) is 0 Å². The van der Waals surface area contributed by atoms with E-state index in [9.17, 15) is 17.6 Å². The summed E-state index contributed by atoms with van der Waals surface area (Å²) in [4.78, 5) is 12.4. The van der Waals surface area contributed by atoms with Gasteiger partial charge in [-0.3, -0.25) is 9.52 Å². The zero-order chi connectivity index (χ0) is 20.5. The number of rotatable bonds is 5. The van der Waals surface area contributed by atoms with E-state index in [-0.39, 0.29) is 10.6 Å². The Kier molecular flexibility index (Phi) is 5.24. The van der Waals surface area contributed by atoms with E-state index in [2.05, 4.69) is 10.0 Å². The molecule has 146 valence electrons. The molecule has 0 unspecified atom stereocenters. The predicted octanol–water partition coefficient (Wildman–Crippen LogP) is 4.40. The lowest BCUT2D eigenvalue weighted by Crippen LogP contribution is -2.17. The highest BCUT2D eigenvalue weighted by Crippen LogP contribution is 2.25. The molecule has 1 heterocycles. The second-order valence-electron chi connectivity index (χ2n) is 6.35. The van der Waals surface area contributed by atoms with Crippen molar-refractivity contribution in [2.75, 3.05) is 10.0 Å². The van der Waals surface area contributed by atoms with Crippen LogP contribution in [0.4, 0.5) is 15.8 Å². The van der Waals surface area contributed by atoms with Crippen LogP contribution in [0.15, 0.2) is 57.8 Å². The Morgan fingerprint density at radius 1 is 1.04 bits per heavy atom. The molecule has 0 aliphatic rings. The van der Waals surface area contributed by atoms with E-state index in [1.165, 1.54) is 24.3 Å². The molecule has 0 aliphatic carbocycles. The number of amides is 1. The molecule has 2 N–H and O–H groups in total. The van der Waals surface area contributed by atoms with Crippen LogP contribution < -0.4 is 10.0 Å². The van der Waals surface area contributed by atoms with Crippen LogP contribution in [0.2, 0.25) is 0 Å². The number of halogens is 1. The number of anilines is 2. The molecule has 0 saturated carbocycles. The summed E-state index contributed by atoms with van der Waals surface area (Å²) in [6, 6.07) is 11.6. The van der Waals surface area contributed by atoms with Crippen molar-refractivity contribution < 1.29 is 22.0 Å². The molecule has 3 aromatic rings. The Balaban J connectivity index is 1.90. The van der Waals surface area contributed by atoms with Crippen LogP contribution in [-0.2, 0) is 10.0 Å². The molecule has 0 aliphatic heterocycles. The second kappa shape index (κ2) is 7.47. The van der Waals surface area contributed by atoms with Crippen LogP contribution in [0.1, 0.15) is 27.4 Å². The fourth-order valence-corrected chi connectivity index (χ4v) is 4.10. The molecular formula is C20H19FN2O4S. The van der Waals surface area contributed by atoms with E-state index in [0.29, 0.717) is 28.3 Å². The molecule has 0 spiro atoms. The largest absolute Gasteiger partial charge is 0.466 e. The quantitative estimate of drug-likeness (QED) is 0.662. The van der Waals surface area contributed by atoms with Crippen LogP contribution in [0.25, 0.3) is 0 Å². The normalized spacial score (nSPS) is 11.3. The summed E-state index contributed by atoms with van der Waals surface area (Å²) in [6.45, 7) is 5.02. The van der Waals surface area contributed by atoms with Gasteiger partial charge in [-0.25, -0.2) is 12.8 Å². The average Bonchev–Trinajstić information content (AvgIpc) is 2.97. The van der Waals surface area contributed by atoms with E-state index in [0.717, 1.165) is 6.07 Å². The summed E-state index contributed by atoms with van der Waals surface area (Å²) in [6.07, 6.45) is 0. The van der Waals surface area contributed by atoms with Gasteiger partial charge in [0.05, 0.1) is 16.1 Å². The Morgan fingerprint density at radius 3 is 2.39 bits per heavy atom. The van der Waals surface area contributed by atoms with Crippen LogP contribution in [0, 0.1) is 26.6 Å². The first kappa shape index (κ1) is 19.6. The minimum Gasteiger partial charge on any atom is -0.466 e. The third kappa shape index (κ3) is 4.07. The first-order valence-corrected chi connectivity index (χ1v) is 9.92. The fraction of sp³-hybridized carbons (Fsp3) is 0.150. The number of carbonyl (C=O) groups is 1. The maximum atomic E-state index is 13.8. The molecule has 0 bridgehead atoms. The van der Waals surface area contributed by atoms with E-state index in [1.807, 2.05) is 0 Å². The summed E-state index contributed by atoms with van der Waals surface area (Å²) < 4.78 is 46.9. The van der Waals surface area contributed by atoms with E-state index in [1.54, 1.807) is 39.0 Å². The number of benzene rings is 2. The Bertz CT molecular complexity index is 1150. The van der Waals surface area contributed by atoms with Gasteiger partial charge in [0.2, 0.25) is 0 Å². The first-order chi connectivity index (χ1) is 13.2. The standard InChI is InChI=1S/C20H19FN2O4S/c1-12-8-9-15(22-20(24)16-10-13(2)27-14(16)3)11-19(12)28(25,26)23-18-7-5-4-6-17(18)21/h4-11,23H,1-3H3,(H,22,24). The van der Waals surface area contributed by atoms with E-state index in [4.69, 9.17) is 4.42 Å². The maximum absolute atomic E-state index is 13.8. The highest BCUT2D eigenvalue weighted by molar-refractivity contribution is 7.92. The molecule has 28 heavy (non-hydrogen) atoms. The molecule has 8 heteroatoms. The van der Waals surface area contributed by atoms with Gasteiger partial charge in [-0.1, -0.05) is 18.2 Å². The Hall–Kier alpha value is -3.13. The minimum atomic E-state index is -4.05. The van der Waals surface area contributed by atoms with E-state index < -0.39 is 21.7 Å². The topological polar surface area (TPSA) is 88.4 Å². The zero-order valence-corrected chi connectivity index (χ0v) is 16.4. The van der Waals surface area contributed by atoms with Crippen LogP contribution in [0.3, 0.4) is 0 Å². The third-order valence-electron chi connectivity index (χ3n) is 4.14. The minimum absolute atomic E-state index is 0.0614. The van der Waals surface area contributed by atoms with Gasteiger partial charge in [0.25, 0.3) is 15.9 Å². The lowest BCUT2D eigenvalue weighted by Gasteiger charge is -2.13. The molecule has 1 amide bonds. The third-order valence-corrected chi connectivity index (χ3v) is 5.65. The van der Waals surface area contributed by atoms with Crippen molar-refractivity contribution in [2.45, 2.75) is 25.7 Å². The number of aryl methyl sites for hydroxylation is 3. The number of para-hydroxylation sites is 1. The van der Waals surface area contributed by atoms with Gasteiger partial charge in [0, 0.05) is 5.69 Å². The van der Waals surface area contributed by atoms with E-state index >= 15 is 0 Å². The number of furan rings is 1. The second-order valence-corrected chi connectivity index (χ2v) is 8.00. The van der Waals surface area contributed by atoms with Crippen LogP contribution >= 0.6 is 0 Å². The molecule has 0 saturated heterocycles. The molecule has 0 atom stereocenters. The van der Waals surface area contributed by atoms with Crippen molar-refractivity contribution in [1.82, 2.24) is 0 Å². The first-order valence-electron chi connectivity index (χ1n) is 8.44. The number of sulfonamides is 1. The summed E-state index contributed by atoms with van der Waals surface area (Å²) in [5, 5.41) is 2.66. The van der Waals surface area contributed by atoms with Crippen molar-refractivity contribution in [3.05, 3.63) is 77.0 Å². The van der Waals surface area contributed by atoms with Crippen molar-refractivity contribution >= 4 is 27.3 Å². The monoisotopic (exact) mass is 402 g/mol. The molecular weight excluding hydrogens is 383 g/mol. The lowest BCUT2D eigenvalue weighted by atomic mass is 10.2. The zero-order valence-electron chi connectivity index (χ0n) is 15.5. The molecule has 6 nitrogen and oxygen atoms in total. The molecule has 0 fully saturated rings. The number of hydrogen-bond acceptors (Lipinski definition) is 4. The smallest absolute Gasteiger partial charge is 0.262 e. The molecule has 1 aromatic heterocycles. The van der Waals surface area contributed by atoms with Crippen molar-refractivity contribution in [2.24, 2.45) is 0 Å². The fourth-order valence-electron chi connectivity index (χ4n) is 2.77. The highest BCUT2D eigenvalue weighted by atomic mass is 32.2. The predicted molar refractivity (Wildman–Crippen MR) is 105 cm³/mol. The molecule has 3 rings (SSSR count). The lowest BCUT2D eigenvalue weighted by molar-refractivity contribution is 0.102. The van der Waals surface area contributed by atoms with Gasteiger partial charge in [-0.05, 0) is 56.7 Å². The van der Waals surface area contributed by atoms with Gasteiger partial charge in [-0.15, -0.1) is 0 Å². The summed E-state index contributed by atoms with van der Waals surface area (Å²) in [7, 11) is -4.05. The highest BCUT2D eigenvalue weighted by Gasteiger charge is 2.20. The van der Waals surface area contributed by atoms with Crippen molar-refractivity contribution in [1.29, 1.82) is 0 Å². The maximum Gasteiger partial charge on any atom is 0.262 e. The Morgan fingerprint density at radius 2 is 1.75 bits per heavy atom.